The van der Waals surface area contributed by atoms with Gasteiger partial charge in [-0.1, -0.05) is 13.3 Å². The van der Waals surface area contributed by atoms with E-state index in [2.05, 4.69) is 6.92 Å². The number of nitrogens with zero attached hydrogens (tertiary/aromatic N) is 1. The summed E-state index contributed by atoms with van der Waals surface area (Å²) in [4.78, 5) is 13.5. The van der Waals surface area contributed by atoms with E-state index in [0.29, 0.717) is 12.6 Å². The van der Waals surface area contributed by atoms with Crippen molar-refractivity contribution in [3.63, 3.8) is 0 Å². The van der Waals surface area contributed by atoms with E-state index in [1.165, 1.54) is 6.42 Å². The third-order valence-corrected chi connectivity index (χ3v) is 2.75. The standard InChI is InChI=1S/C11H21NO2/c1-3-7-10-8-5-6-9-12(10)11(13)14-4-2/h10H,3-9H2,1-2H3/t10-/m0/s1. The van der Waals surface area contributed by atoms with Crippen LogP contribution < -0.4 is 0 Å². The molecule has 1 heterocycles. The number of likely N-dealkylation sites (tertiary alicyclic amines) is 1. The third-order valence-electron chi connectivity index (χ3n) is 2.75. The van der Waals surface area contributed by atoms with Crippen LogP contribution in [0.5, 0.6) is 0 Å². The first-order chi connectivity index (χ1) is 6.79. The highest BCUT2D eigenvalue weighted by molar-refractivity contribution is 5.68. The van der Waals surface area contributed by atoms with Gasteiger partial charge >= 0.3 is 6.09 Å². The van der Waals surface area contributed by atoms with E-state index < -0.39 is 0 Å². The van der Waals surface area contributed by atoms with Crippen LogP contribution in [0.15, 0.2) is 0 Å². The Bertz CT molecular complexity index is 180. The molecule has 0 unspecified atom stereocenters. The van der Waals surface area contributed by atoms with Gasteiger partial charge in [-0.25, -0.2) is 4.79 Å². The van der Waals surface area contributed by atoms with E-state index in [9.17, 15) is 4.79 Å². The molecule has 1 rings (SSSR count). The van der Waals surface area contributed by atoms with Gasteiger partial charge in [-0.15, -0.1) is 0 Å². The van der Waals surface area contributed by atoms with Crippen molar-refractivity contribution in [1.82, 2.24) is 4.90 Å². The minimum Gasteiger partial charge on any atom is -0.450 e. The monoisotopic (exact) mass is 199 g/mol. The van der Waals surface area contributed by atoms with Gasteiger partial charge in [0, 0.05) is 12.6 Å². The number of hydrogen-bond donors (Lipinski definition) is 0. The molecule has 0 saturated carbocycles. The van der Waals surface area contributed by atoms with Crippen molar-refractivity contribution < 1.29 is 9.53 Å². The molecular formula is C11H21NO2. The molecule has 0 N–H and O–H groups in total. The number of amides is 1. The van der Waals surface area contributed by atoms with Crippen molar-refractivity contribution in [2.45, 2.75) is 52.0 Å². The Morgan fingerprint density at radius 1 is 1.43 bits per heavy atom. The predicted molar refractivity (Wildman–Crippen MR) is 56.3 cm³/mol. The summed E-state index contributed by atoms with van der Waals surface area (Å²) in [6.45, 7) is 5.38. The highest BCUT2D eigenvalue weighted by atomic mass is 16.6. The molecule has 0 radical (unpaired) electrons. The van der Waals surface area contributed by atoms with Gasteiger partial charge in [-0.3, -0.25) is 0 Å². The molecule has 0 aromatic carbocycles. The molecule has 14 heavy (non-hydrogen) atoms. The smallest absolute Gasteiger partial charge is 0.409 e. The van der Waals surface area contributed by atoms with Crippen molar-refractivity contribution in [2.75, 3.05) is 13.2 Å². The lowest BCUT2D eigenvalue weighted by Gasteiger charge is -2.34. The van der Waals surface area contributed by atoms with Crippen molar-refractivity contribution in [1.29, 1.82) is 0 Å². The molecule has 1 aliphatic heterocycles. The van der Waals surface area contributed by atoms with Crippen LogP contribution in [0.4, 0.5) is 4.79 Å². The average Bonchev–Trinajstić information content (AvgIpc) is 2.19. The van der Waals surface area contributed by atoms with Crippen molar-refractivity contribution in [3.05, 3.63) is 0 Å². The molecule has 0 aromatic rings. The summed E-state index contributed by atoms with van der Waals surface area (Å²) in [6.07, 6.45) is 5.65. The number of hydrogen-bond acceptors (Lipinski definition) is 2. The van der Waals surface area contributed by atoms with E-state index in [1.807, 2.05) is 11.8 Å². The number of piperidine rings is 1. The molecule has 1 amide bonds. The molecule has 1 saturated heterocycles. The largest absolute Gasteiger partial charge is 0.450 e. The van der Waals surface area contributed by atoms with Gasteiger partial charge in [-0.05, 0) is 32.6 Å². The number of rotatable bonds is 3. The zero-order valence-electron chi connectivity index (χ0n) is 9.29. The second kappa shape index (κ2) is 5.89. The minimum atomic E-state index is -0.120. The molecule has 0 aromatic heterocycles. The molecule has 3 nitrogen and oxygen atoms in total. The van der Waals surface area contributed by atoms with Crippen LogP contribution in [-0.2, 0) is 4.74 Å². The Morgan fingerprint density at radius 2 is 2.21 bits per heavy atom. The van der Waals surface area contributed by atoms with Crippen LogP contribution in [0.2, 0.25) is 0 Å². The Balaban J connectivity index is 2.48. The highest BCUT2D eigenvalue weighted by Gasteiger charge is 2.26. The van der Waals surface area contributed by atoms with Crippen LogP contribution >= 0.6 is 0 Å². The van der Waals surface area contributed by atoms with Crippen molar-refractivity contribution in [2.24, 2.45) is 0 Å². The van der Waals surface area contributed by atoms with Gasteiger partial charge in [0.15, 0.2) is 0 Å². The quantitative estimate of drug-likeness (QED) is 0.699. The van der Waals surface area contributed by atoms with Crippen LogP contribution in [0.3, 0.4) is 0 Å². The van der Waals surface area contributed by atoms with Crippen LogP contribution in [-0.4, -0.2) is 30.2 Å². The second-order valence-electron chi connectivity index (χ2n) is 3.83. The lowest BCUT2D eigenvalue weighted by Crippen LogP contribution is -2.43. The van der Waals surface area contributed by atoms with E-state index in [-0.39, 0.29) is 6.09 Å². The Kier molecular flexibility index (Phi) is 4.77. The van der Waals surface area contributed by atoms with Crippen LogP contribution in [0, 0.1) is 0 Å². The first-order valence-electron chi connectivity index (χ1n) is 5.73. The molecule has 0 aliphatic carbocycles. The number of ether oxygens (including phenoxy) is 1. The Labute approximate surface area is 86.4 Å². The van der Waals surface area contributed by atoms with Gasteiger partial charge in [0.2, 0.25) is 0 Å². The van der Waals surface area contributed by atoms with Crippen LogP contribution in [0.1, 0.15) is 46.0 Å². The molecule has 82 valence electrons. The topological polar surface area (TPSA) is 29.5 Å². The minimum absolute atomic E-state index is 0.120. The van der Waals surface area contributed by atoms with Crippen molar-refractivity contribution in [3.8, 4) is 0 Å². The summed E-state index contributed by atoms with van der Waals surface area (Å²) in [7, 11) is 0. The molecule has 0 bridgehead atoms. The van der Waals surface area contributed by atoms with E-state index in [0.717, 1.165) is 32.2 Å². The summed E-state index contributed by atoms with van der Waals surface area (Å²) in [5, 5.41) is 0. The van der Waals surface area contributed by atoms with Gasteiger partial charge in [0.05, 0.1) is 6.61 Å². The summed E-state index contributed by atoms with van der Waals surface area (Å²) < 4.78 is 5.04. The normalized spacial score (nSPS) is 22.1. The zero-order chi connectivity index (χ0) is 10.4. The zero-order valence-corrected chi connectivity index (χ0v) is 9.29. The SMILES string of the molecule is CCC[C@H]1CCCCN1C(=O)OCC. The van der Waals surface area contributed by atoms with Gasteiger partial charge in [0.1, 0.15) is 0 Å². The molecular weight excluding hydrogens is 178 g/mol. The summed E-state index contributed by atoms with van der Waals surface area (Å²) in [5.74, 6) is 0. The Hall–Kier alpha value is -0.730. The van der Waals surface area contributed by atoms with Gasteiger partial charge < -0.3 is 9.64 Å². The highest BCUT2D eigenvalue weighted by Crippen LogP contribution is 2.21. The predicted octanol–water partition coefficient (Wildman–Crippen LogP) is 2.80. The third kappa shape index (κ3) is 2.89. The lowest BCUT2D eigenvalue weighted by atomic mass is 9.99. The maximum absolute atomic E-state index is 11.6. The summed E-state index contributed by atoms with van der Waals surface area (Å²) in [5.41, 5.74) is 0. The maximum Gasteiger partial charge on any atom is 0.409 e. The van der Waals surface area contributed by atoms with E-state index in [4.69, 9.17) is 4.74 Å². The summed E-state index contributed by atoms with van der Waals surface area (Å²) >= 11 is 0. The van der Waals surface area contributed by atoms with E-state index >= 15 is 0 Å². The average molecular weight is 199 g/mol. The number of carbonyl (C=O) groups is 1. The summed E-state index contributed by atoms with van der Waals surface area (Å²) in [6, 6.07) is 0.424. The van der Waals surface area contributed by atoms with Crippen molar-refractivity contribution >= 4 is 6.09 Å². The van der Waals surface area contributed by atoms with Gasteiger partial charge in [0.25, 0.3) is 0 Å². The molecule has 1 atom stereocenters. The second-order valence-corrected chi connectivity index (χ2v) is 3.83. The van der Waals surface area contributed by atoms with Gasteiger partial charge in [-0.2, -0.15) is 0 Å². The maximum atomic E-state index is 11.6. The molecule has 1 aliphatic rings. The Morgan fingerprint density at radius 3 is 2.86 bits per heavy atom. The first-order valence-corrected chi connectivity index (χ1v) is 5.73. The fraction of sp³-hybridized carbons (Fsp3) is 0.909. The fourth-order valence-corrected chi connectivity index (χ4v) is 2.08. The molecule has 1 fully saturated rings. The fourth-order valence-electron chi connectivity index (χ4n) is 2.08. The molecule has 3 heteroatoms. The number of carbonyl (C=O) groups excluding carboxylic acids is 1. The molecule has 0 spiro atoms. The van der Waals surface area contributed by atoms with Crippen LogP contribution in [0.25, 0.3) is 0 Å². The first kappa shape index (κ1) is 11.3. The lowest BCUT2D eigenvalue weighted by molar-refractivity contribution is 0.0743. The van der Waals surface area contributed by atoms with E-state index in [1.54, 1.807) is 0 Å².